The van der Waals surface area contributed by atoms with E-state index in [-0.39, 0.29) is 6.03 Å². The molecule has 0 saturated heterocycles. The number of nitrogens with zero attached hydrogens (tertiary/aromatic N) is 1. The maximum absolute atomic E-state index is 12.0. The van der Waals surface area contributed by atoms with Crippen LogP contribution in [-0.2, 0) is 6.54 Å². The second kappa shape index (κ2) is 7.36. The molecular formula is C17H21N3O2. The van der Waals surface area contributed by atoms with Crippen LogP contribution in [0.1, 0.15) is 5.56 Å². The van der Waals surface area contributed by atoms with Gasteiger partial charge in [0, 0.05) is 20.6 Å². The molecule has 0 fully saturated rings. The quantitative estimate of drug-likeness (QED) is 0.892. The molecule has 0 unspecified atom stereocenters. The maximum atomic E-state index is 12.0. The van der Waals surface area contributed by atoms with Gasteiger partial charge in [-0.2, -0.15) is 0 Å². The van der Waals surface area contributed by atoms with Gasteiger partial charge in [0.1, 0.15) is 5.75 Å². The summed E-state index contributed by atoms with van der Waals surface area (Å²) in [7, 11) is 5.50. The number of anilines is 2. The van der Waals surface area contributed by atoms with Gasteiger partial charge in [-0.05, 0) is 29.8 Å². The first-order valence-corrected chi connectivity index (χ1v) is 7.04. The summed E-state index contributed by atoms with van der Waals surface area (Å²) in [5.41, 5.74) is 2.71. The molecule has 5 nitrogen and oxygen atoms in total. The number of nitrogens with one attached hydrogen (secondary N) is 2. The summed E-state index contributed by atoms with van der Waals surface area (Å²) in [4.78, 5) is 14.0. The molecule has 0 atom stereocenters. The lowest BCUT2D eigenvalue weighted by Crippen LogP contribution is -2.29. The van der Waals surface area contributed by atoms with Gasteiger partial charge in [-0.15, -0.1) is 0 Å². The monoisotopic (exact) mass is 299 g/mol. The molecular weight excluding hydrogens is 278 g/mol. The Balaban J connectivity index is 1.96. The SMILES string of the molecule is COc1cccc(CNC(=O)Nc2ccccc2N(C)C)c1. The molecule has 0 aliphatic heterocycles. The molecule has 0 bridgehead atoms. The molecule has 0 aliphatic rings. The van der Waals surface area contributed by atoms with Crippen LogP contribution in [0.15, 0.2) is 48.5 Å². The van der Waals surface area contributed by atoms with Crippen molar-refractivity contribution in [2.24, 2.45) is 0 Å². The lowest BCUT2D eigenvalue weighted by atomic mass is 10.2. The summed E-state index contributed by atoms with van der Waals surface area (Å²) in [5.74, 6) is 0.776. The van der Waals surface area contributed by atoms with Gasteiger partial charge in [0.2, 0.25) is 0 Å². The van der Waals surface area contributed by atoms with Crippen LogP contribution in [0.25, 0.3) is 0 Å². The third-order valence-corrected chi connectivity index (χ3v) is 3.22. The zero-order valence-electron chi connectivity index (χ0n) is 13.1. The third kappa shape index (κ3) is 4.15. The highest BCUT2D eigenvalue weighted by Gasteiger charge is 2.07. The number of rotatable bonds is 5. The van der Waals surface area contributed by atoms with E-state index in [2.05, 4.69) is 10.6 Å². The second-order valence-corrected chi connectivity index (χ2v) is 5.07. The Morgan fingerprint density at radius 1 is 1.14 bits per heavy atom. The third-order valence-electron chi connectivity index (χ3n) is 3.22. The Bertz CT molecular complexity index is 641. The number of carbonyl (C=O) groups excluding carboxylic acids is 1. The van der Waals surface area contributed by atoms with Crippen molar-refractivity contribution in [2.45, 2.75) is 6.54 Å². The van der Waals surface area contributed by atoms with Crippen molar-refractivity contribution in [3.05, 3.63) is 54.1 Å². The highest BCUT2D eigenvalue weighted by atomic mass is 16.5. The second-order valence-electron chi connectivity index (χ2n) is 5.07. The summed E-state index contributed by atoms with van der Waals surface area (Å²) in [5, 5.41) is 5.71. The van der Waals surface area contributed by atoms with Crippen molar-refractivity contribution in [2.75, 3.05) is 31.4 Å². The molecule has 0 spiro atoms. The van der Waals surface area contributed by atoms with Crippen LogP contribution in [0.3, 0.4) is 0 Å². The van der Waals surface area contributed by atoms with E-state index in [4.69, 9.17) is 4.74 Å². The molecule has 2 N–H and O–H groups in total. The average Bonchev–Trinajstić information content (AvgIpc) is 2.53. The molecule has 0 saturated carbocycles. The van der Waals surface area contributed by atoms with Crippen LogP contribution in [0.5, 0.6) is 5.75 Å². The molecule has 5 heteroatoms. The van der Waals surface area contributed by atoms with Crippen molar-refractivity contribution in [3.63, 3.8) is 0 Å². The fraction of sp³-hybridized carbons (Fsp3) is 0.235. The number of hydrogen-bond acceptors (Lipinski definition) is 3. The van der Waals surface area contributed by atoms with Crippen molar-refractivity contribution in [1.82, 2.24) is 5.32 Å². The van der Waals surface area contributed by atoms with Gasteiger partial charge < -0.3 is 20.3 Å². The van der Waals surface area contributed by atoms with Crippen LogP contribution in [0, 0.1) is 0 Å². The normalized spacial score (nSPS) is 9.95. The van der Waals surface area contributed by atoms with Crippen LogP contribution in [0.2, 0.25) is 0 Å². The first-order chi connectivity index (χ1) is 10.6. The summed E-state index contributed by atoms with van der Waals surface area (Å²) < 4.78 is 5.17. The Morgan fingerprint density at radius 2 is 1.91 bits per heavy atom. The summed E-state index contributed by atoms with van der Waals surface area (Å²) in [6.45, 7) is 0.438. The standard InChI is InChI=1S/C17H21N3O2/c1-20(2)16-10-5-4-9-15(16)19-17(21)18-12-13-7-6-8-14(11-13)22-3/h4-11H,12H2,1-3H3,(H2,18,19,21). The fourth-order valence-electron chi connectivity index (χ4n) is 2.10. The van der Waals surface area contributed by atoms with Gasteiger partial charge in [0.05, 0.1) is 18.5 Å². The van der Waals surface area contributed by atoms with Crippen molar-refractivity contribution < 1.29 is 9.53 Å². The molecule has 2 aromatic rings. The van der Waals surface area contributed by atoms with Gasteiger partial charge in [-0.1, -0.05) is 24.3 Å². The van der Waals surface area contributed by atoms with E-state index in [0.29, 0.717) is 6.54 Å². The highest BCUT2D eigenvalue weighted by Crippen LogP contribution is 2.23. The number of ether oxygens (including phenoxy) is 1. The predicted octanol–water partition coefficient (Wildman–Crippen LogP) is 3.08. The lowest BCUT2D eigenvalue weighted by Gasteiger charge is -2.18. The minimum Gasteiger partial charge on any atom is -0.497 e. The average molecular weight is 299 g/mol. The van der Waals surface area contributed by atoms with Crippen LogP contribution < -0.4 is 20.3 Å². The number of methoxy groups -OCH3 is 1. The Morgan fingerprint density at radius 3 is 2.64 bits per heavy atom. The number of benzene rings is 2. The minimum absolute atomic E-state index is 0.239. The molecule has 2 amide bonds. The molecule has 22 heavy (non-hydrogen) atoms. The number of hydrogen-bond donors (Lipinski definition) is 2. The lowest BCUT2D eigenvalue weighted by molar-refractivity contribution is 0.251. The van der Waals surface area contributed by atoms with Crippen molar-refractivity contribution in [1.29, 1.82) is 0 Å². The number of amides is 2. The van der Waals surface area contributed by atoms with Gasteiger partial charge in [-0.25, -0.2) is 4.79 Å². The minimum atomic E-state index is -0.239. The fourth-order valence-corrected chi connectivity index (χ4v) is 2.10. The molecule has 0 aromatic heterocycles. The number of carbonyl (C=O) groups is 1. The van der Waals surface area contributed by atoms with E-state index in [1.54, 1.807) is 7.11 Å². The Kier molecular flexibility index (Phi) is 5.25. The van der Waals surface area contributed by atoms with E-state index in [0.717, 1.165) is 22.7 Å². The van der Waals surface area contributed by atoms with Crippen LogP contribution >= 0.6 is 0 Å². The first-order valence-electron chi connectivity index (χ1n) is 7.04. The Labute approximate surface area is 130 Å². The van der Waals surface area contributed by atoms with Gasteiger partial charge in [0.15, 0.2) is 0 Å². The molecule has 0 aliphatic carbocycles. The van der Waals surface area contributed by atoms with Crippen molar-refractivity contribution >= 4 is 17.4 Å². The van der Waals surface area contributed by atoms with Crippen LogP contribution in [-0.4, -0.2) is 27.2 Å². The molecule has 116 valence electrons. The smallest absolute Gasteiger partial charge is 0.319 e. The maximum Gasteiger partial charge on any atom is 0.319 e. The topological polar surface area (TPSA) is 53.6 Å². The first kappa shape index (κ1) is 15.7. The van der Waals surface area contributed by atoms with Crippen LogP contribution in [0.4, 0.5) is 16.2 Å². The van der Waals surface area contributed by atoms with E-state index < -0.39 is 0 Å². The van der Waals surface area contributed by atoms with Crippen molar-refractivity contribution in [3.8, 4) is 5.75 Å². The molecule has 2 rings (SSSR count). The summed E-state index contributed by atoms with van der Waals surface area (Å²) >= 11 is 0. The van der Waals surface area contributed by atoms with Gasteiger partial charge in [0.25, 0.3) is 0 Å². The van der Waals surface area contributed by atoms with Gasteiger partial charge >= 0.3 is 6.03 Å². The number of para-hydroxylation sites is 2. The Hall–Kier alpha value is -2.69. The van der Waals surface area contributed by atoms with E-state index in [9.17, 15) is 4.79 Å². The summed E-state index contributed by atoms with van der Waals surface area (Å²) in [6.07, 6.45) is 0. The predicted molar refractivity (Wildman–Crippen MR) is 89.6 cm³/mol. The molecule has 0 radical (unpaired) electrons. The zero-order chi connectivity index (χ0) is 15.9. The van der Waals surface area contributed by atoms with E-state index in [1.807, 2.05) is 67.5 Å². The summed E-state index contributed by atoms with van der Waals surface area (Å²) in [6, 6.07) is 15.0. The highest BCUT2D eigenvalue weighted by molar-refractivity contribution is 5.93. The van der Waals surface area contributed by atoms with Gasteiger partial charge in [-0.3, -0.25) is 0 Å². The van der Waals surface area contributed by atoms with E-state index in [1.165, 1.54) is 0 Å². The molecule has 2 aromatic carbocycles. The molecule has 0 heterocycles. The zero-order valence-corrected chi connectivity index (χ0v) is 13.1. The number of urea groups is 1. The largest absolute Gasteiger partial charge is 0.497 e. The van der Waals surface area contributed by atoms with E-state index >= 15 is 0 Å².